The third kappa shape index (κ3) is 4.63. The highest BCUT2D eigenvalue weighted by Crippen LogP contribution is 2.48. The Morgan fingerprint density at radius 1 is 1.13 bits per heavy atom. The molecular weight excluding hydrogens is 552 g/mol. The van der Waals surface area contributed by atoms with Crippen LogP contribution in [0.3, 0.4) is 0 Å². The van der Waals surface area contributed by atoms with Crippen molar-refractivity contribution in [2.45, 2.75) is 50.4 Å². The van der Waals surface area contributed by atoms with Crippen LogP contribution in [0.25, 0.3) is 21.5 Å². The molecule has 4 aromatic rings. The standard InChI is InChI=1S/C26H22Cl2FN3O2S.CO2/c27-17-3-1-4-18(28)22(17)23-16(25(34-31-23)13-7-8-13)12-33-20-10-15-9-14(20)11-32(15)26-30-24-19(29)5-2-6-21(24)35-26;2-1-3/h1-6,13-15,20H,7-12H2;. The fourth-order valence-electron chi connectivity index (χ4n) is 5.61. The molecule has 3 unspecified atom stereocenters. The largest absolute Gasteiger partial charge is 0.373 e. The molecule has 196 valence electrons. The number of para-hydroxylation sites is 1. The van der Waals surface area contributed by atoms with Crippen LogP contribution in [0.15, 0.2) is 40.9 Å². The minimum absolute atomic E-state index is 0.152. The number of carbonyl (C=O) groups excluding carboxylic acids is 2. The van der Waals surface area contributed by atoms with Crippen molar-refractivity contribution in [3.05, 3.63) is 63.6 Å². The number of fused-ring (bicyclic) bond motifs is 3. The fraction of sp³-hybridized carbons (Fsp3) is 0.370. The molecule has 3 heterocycles. The second-order valence-electron chi connectivity index (χ2n) is 9.80. The topological polar surface area (TPSA) is 85.5 Å². The summed E-state index contributed by atoms with van der Waals surface area (Å²) in [6.45, 7) is 1.30. The van der Waals surface area contributed by atoms with Crippen LogP contribution in [-0.2, 0) is 20.9 Å². The lowest BCUT2D eigenvalue weighted by Crippen LogP contribution is -2.38. The Morgan fingerprint density at radius 2 is 1.87 bits per heavy atom. The van der Waals surface area contributed by atoms with Crippen LogP contribution >= 0.6 is 34.5 Å². The number of piperidine rings is 1. The first-order valence-corrected chi connectivity index (χ1v) is 13.9. The third-order valence-electron chi connectivity index (χ3n) is 7.49. The summed E-state index contributed by atoms with van der Waals surface area (Å²) in [5, 5.41) is 6.38. The monoisotopic (exact) mass is 573 g/mol. The highest BCUT2D eigenvalue weighted by Gasteiger charge is 2.46. The number of anilines is 1. The lowest BCUT2D eigenvalue weighted by atomic mass is 10.0. The van der Waals surface area contributed by atoms with Crippen molar-refractivity contribution in [2.75, 3.05) is 11.4 Å². The molecule has 11 heteroatoms. The van der Waals surface area contributed by atoms with E-state index < -0.39 is 0 Å². The fourth-order valence-corrected chi connectivity index (χ4v) is 7.25. The molecule has 2 saturated carbocycles. The molecule has 0 amide bonds. The van der Waals surface area contributed by atoms with Crippen LogP contribution < -0.4 is 4.90 Å². The summed E-state index contributed by atoms with van der Waals surface area (Å²) >= 11 is 14.5. The van der Waals surface area contributed by atoms with Gasteiger partial charge in [0.1, 0.15) is 22.8 Å². The number of rotatable bonds is 6. The molecule has 0 N–H and O–H groups in total. The zero-order chi connectivity index (χ0) is 26.4. The van der Waals surface area contributed by atoms with E-state index in [4.69, 9.17) is 42.1 Å². The Balaban J connectivity index is 0.000000843. The second-order valence-corrected chi connectivity index (χ2v) is 11.6. The number of halogens is 3. The van der Waals surface area contributed by atoms with Gasteiger partial charge in [-0.1, -0.05) is 51.8 Å². The van der Waals surface area contributed by atoms with Gasteiger partial charge in [0.2, 0.25) is 0 Å². The Bertz CT molecular complexity index is 1510. The molecular formula is C27H22Cl2FN3O4S. The smallest absolute Gasteiger partial charge is 0.373 e. The van der Waals surface area contributed by atoms with E-state index in [9.17, 15) is 4.39 Å². The maximum absolute atomic E-state index is 14.1. The van der Waals surface area contributed by atoms with Gasteiger partial charge in [0.15, 0.2) is 5.13 Å². The minimum atomic E-state index is -0.259. The predicted molar refractivity (Wildman–Crippen MR) is 141 cm³/mol. The number of thiazole rings is 1. The Kier molecular flexibility index (Phi) is 6.97. The number of hydrogen-bond acceptors (Lipinski definition) is 8. The average Bonchev–Trinajstić information content (AvgIpc) is 3.23. The van der Waals surface area contributed by atoms with Crippen molar-refractivity contribution < 1.29 is 23.2 Å². The van der Waals surface area contributed by atoms with Crippen molar-refractivity contribution in [1.29, 1.82) is 0 Å². The van der Waals surface area contributed by atoms with Gasteiger partial charge in [-0.05, 0) is 49.9 Å². The zero-order valence-electron chi connectivity index (χ0n) is 20.0. The van der Waals surface area contributed by atoms with Crippen LogP contribution in [0.5, 0.6) is 0 Å². The SMILES string of the molecule is Fc1cccc2sc(N3CC4CC3CC4OCc3c(-c4c(Cl)cccc4Cl)noc3C3CC3)nc12.O=C=O. The predicted octanol–water partition coefficient (Wildman–Crippen LogP) is 6.88. The number of hydrogen-bond donors (Lipinski definition) is 0. The second kappa shape index (κ2) is 10.4. The third-order valence-corrected chi connectivity index (χ3v) is 9.18. The van der Waals surface area contributed by atoms with Crippen molar-refractivity contribution in [2.24, 2.45) is 5.92 Å². The van der Waals surface area contributed by atoms with Gasteiger partial charge in [-0.3, -0.25) is 0 Å². The molecule has 2 aromatic carbocycles. The van der Waals surface area contributed by atoms with E-state index in [1.54, 1.807) is 17.4 Å². The Morgan fingerprint density at radius 3 is 2.53 bits per heavy atom. The van der Waals surface area contributed by atoms with Crippen molar-refractivity contribution >= 4 is 56.0 Å². The molecule has 0 spiro atoms. The van der Waals surface area contributed by atoms with Crippen molar-refractivity contribution in [1.82, 2.24) is 10.1 Å². The molecule has 2 aromatic heterocycles. The van der Waals surface area contributed by atoms with E-state index >= 15 is 0 Å². The minimum Gasteiger partial charge on any atom is -0.373 e. The molecule has 3 aliphatic rings. The number of nitrogens with zero attached hydrogens (tertiary/aromatic N) is 3. The van der Waals surface area contributed by atoms with Crippen LogP contribution in [-0.4, -0.2) is 35.0 Å². The number of benzene rings is 2. The zero-order valence-corrected chi connectivity index (χ0v) is 22.4. The summed E-state index contributed by atoms with van der Waals surface area (Å²) in [6, 6.07) is 11.0. The highest BCUT2D eigenvalue weighted by atomic mass is 35.5. The van der Waals surface area contributed by atoms with Gasteiger partial charge in [-0.15, -0.1) is 0 Å². The van der Waals surface area contributed by atoms with Gasteiger partial charge < -0.3 is 14.2 Å². The van der Waals surface area contributed by atoms with E-state index in [0.29, 0.717) is 51.3 Å². The van der Waals surface area contributed by atoms with E-state index in [1.807, 2.05) is 24.3 Å². The molecule has 2 bridgehead atoms. The molecule has 2 aliphatic carbocycles. The molecule has 1 saturated heterocycles. The lowest BCUT2D eigenvalue weighted by molar-refractivity contribution is -0.191. The molecule has 0 radical (unpaired) electrons. The maximum atomic E-state index is 14.1. The quantitative estimate of drug-likeness (QED) is 0.248. The van der Waals surface area contributed by atoms with Gasteiger partial charge in [0.25, 0.3) is 0 Å². The van der Waals surface area contributed by atoms with Gasteiger partial charge in [-0.25, -0.2) is 9.37 Å². The maximum Gasteiger partial charge on any atom is 0.373 e. The average molecular weight is 574 g/mol. The van der Waals surface area contributed by atoms with Gasteiger partial charge >= 0.3 is 6.15 Å². The number of aromatic nitrogens is 2. The molecule has 7 nitrogen and oxygen atoms in total. The van der Waals surface area contributed by atoms with Gasteiger partial charge in [0.05, 0.1) is 27.5 Å². The summed E-state index contributed by atoms with van der Waals surface area (Å²) in [7, 11) is 0. The highest BCUT2D eigenvalue weighted by molar-refractivity contribution is 7.22. The van der Waals surface area contributed by atoms with Crippen LogP contribution in [0.2, 0.25) is 10.0 Å². The van der Waals surface area contributed by atoms with E-state index in [0.717, 1.165) is 53.4 Å². The molecule has 3 fully saturated rings. The van der Waals surface area contributed by atoms with Gasteiger partial charge in [-0.2, -0.15) is 9.59 Å². The summed E-state index contributed by atoms with van der Waals surface area (Å²) < 4.78 is 27.3. The first-order valence-electron chi connectivity index (χ1n) is 12.3. The van der Waals surface area contributed by atoms with E-state index in [2.05, 4.69) is 15.0 Å². The molecule has 3 atom stereocenters. The molecule has 7 rings (SSSR count). The summed E-state index contributed by atoms with van der Waals surface area (Å²) in [4.78, 5) is 23.2. The normalized spacial score (nSPS) is 22.0. The molecule has 1 aliphatic heterocycles. The number of ether oxygens (including phenoxy) is 1. The van der Waals surface area contributed by atoms with Crippen molar-refractivity contribution in [3.63, 3.8) is 0 Å². The first-order chi connectivity index (χ1) is 18.5. The lowest BCUT2D eigenvalue weighted by Gasteiger charge is -2.31. The summed E-state index contributed by atoms with van der Waals surface area (Å²) in [5.74, 6) is 1.45. The molecule has 38 heavy (non-hydrogen) atoms. The Hall–Kier alpha value is -2.81. The van der Waals surface area contributed by atoms with Crippen LogP contribution in [0.4, 0.5) is 9.52 Å². The first kappa shape index (κ1) is 25.5. The summed E-state index contributed by atoms with van der Waals surface area (Å²) in [6.07, 6.45) is 4.59. The van der Waals surface area contributed by atoms with E-state index in [-0.39, 0.29) is 18.1 Å². The van der Waals surface area contributed by atoms with Crippen LogP contribution in [0.1, 0.15) is 42.9 Å². The van der Waals surface area contributed by atoms with Crippen LogP contribution in [0, 0.1) is 11.7 Å². The van der Waals surface area contributed by atoms with Gasteiger partial charge in [0, 0.05) is 35.5 Å². The van der Waals surface area contributed by atoms with E-state index in [1.165, 1.54) is 6.07 Å². The Labute approximate surface area is 231 Å². The summed E-state index contributed by atoms with van der Waals surface area (Å²) in [5.41, 5.74) is 2.81. The van der Waals surface area contributed by atoms with Crippen molar-refractivity contribution in [3.8, 4) is 11.3 Å².